The van der Waals surface area contributed by atoms with Gasteiger partial charge in [-0.3, -0.25) is 4.79 Å². The van der Waals surface area contributed by atoms with Crippen LogP contribution in [0.15, 0.2) is 47.4 Å². The van der Waals surface area contributed by atoms with Crippen LogP contribution in [-0.4, -0.2) is 15.0 Å². The summed E-state index contributed by atoms with van der Waals surface area (Å²) in [5.41, 5.74) is 2.53. The summed E-state index contributed by atoms with van der Waals surface area (Å²) < 4.78 is 0. The smallest absolute Gasteiger partial charge is 0.251 e. The summed E-state index contributed by atoms with van der Waals surface area (Å²) in [6.45, 7) is 2.02. The maximum Gasteiger partial charge on any atom is 0.251 e. The van der Waals surface area contributed by atoms with Crippen LogP contribution in [0.25, 0.3) is 22.4 Å². The number of aryl methyl sites for hydroxylation is 1. The van der Waals surface area contributed by atoms with Gasteiger partial charge in [0.25, 0.3) is 5.56 Å². The first-order valence-corrected chi connectivity index (χ1v) is 5.66. The molecule has 2 aromatic heterocycles. The lowest BCUT2D eigenvalue weighted by atomic mass is 10.1. The quantitative estimate of drug-likeness (QED) is 0.706. The second-order valence-corrected chi connectivity index (χ2v) is 4.12. The summed E-state index contributed by atoms with van der Waals surface area (Å²) in [5.74, 6) is 0.497. The van der Waals surface area contributed by atoms with E-state index in [4.69, 9.17) is 0 Å². The van der Waals surface area contributed by atoms with Gasteiger partial charge in [-0.1, -0.05) is 18.2 Å². The molecule has 4 heteroatoms. The molecular weight excluding hydrogens is 226 g/mol. The van der Waals surface area contributed by atoms with Crippen LogP contribution in [0, 0.1) is 6.92 Å². The van der Waals surface area contributed by atoms with Crippen molar-refractivity contribution in [1.82, 2.24) is 15.0 Å². The van der Waals surface area contributed by atoms with Gasteiger partial charge in [-0.2, -0.15) is 0 Å². The second-order valence-electron chi connectivity index (χ2n) is 4.12. The Morgan fingerprint density at radius 3 is 2.83 bits per heavy atom. The molecule has 18 heavy (non-hydrogen) atoms. The molecule has 0 radical (unpaired) electrons. The predicted octanol–water partition coefficient (Wildman–Crippen LogP) is 2.29. The Hall–Kier alpha value is -2.49. The first-order chi connectivity index (χ1) is 8.74. The Balaban J connectivity index is 2.28. The monoisotopic (exact) mass is 237 g/mol. The Morgan fingerprint density at radius 2 is 2.00 bits per heavy atom. The van der Waals surface area contributed by atoms with Gasteiger partial charge >= 0.3 is 0 Å². The number of nitrogens with zero attached hydrogens (tertiary/aromatic N) is 2. The van der Waals surface area contributed by atoms with Gasteiger partial charge in [0.1, 0.15) is 5.69 Å². The van der Waals surface area contributed by atoms with Crippen molar-refractivity contribution < 1.29 is 0 Å². The molecular formula is C14H11N3O. The third-order valence-corrected chi connectivity index (χ3v) is 2.84. The topological polar surface area (TPSA) is 58.6 Å². The number of aromatic amines is 1. The molecule has 0 aliphatic carbocycles. The molecule has 0 saturated heterocycles. The average molecular weight is 237 g/mol. The van der Waals surface area contributed by atoms with Gasteiger partial charge in [-0.05, 0) is 24.6 Å². The van der Waals surface area contributed by atoms with Crippen LogP contribution in [-0.2, 0) is 0 Å². The van der Waals surface area contributed by atoms with Gasteiger partial charge in [0.15, 0.2) is 5.82 Å². The van der Waals surface area contributed by atoms with E-state index in [1.54, 1.807) is 0 Å². The number of pyridine rings is 1. The van der Waals surface area contributed by atoms with Gasteiger partial charge in [0, 0.05) is 17.6 Å². The lowest BCUT2D eigenvalue weighted by Gasteiger charge is -2.05. The number of rotatable bonds is 1. The van der Waals surface area contributed by atoms with Crippen molar-refractivity contribution in [3.63, 3.8) is 0 Å². The first kappa shape index (κ1) is 10.7. The molecule has 0 fully saturated rings. The average Bonchev–Trinajstić information content (AvgIpc) is 2.39. The van der Waals surface area contributed by atoms with E-state index in [0.29, 0.717) is 11.5 Å². The number of para-hydroxylation sites is 1. The summed E-state index contributed by atoms with van der Waals surface area (Å²) in [7, 11) is 0. The Kier molecular flexibility index (Phi) is 2.41. The highest BCUT2D eigenvalue weighted by atomic mass is 16.1. The molecule has 1 N–H and O–H groups in total. The molecule has 0 aliphatic heterocycles. The molecule has 3 rings (SSSR count). The van der Waals surface area contributed by atoms with Crippen LogP contribution in [0.5, 0.6) is 0 Å². The fraction of sp³-hybridized carbons (Fsp3) is 0.0714. The molecule has 0 atom stereocenters. The molecule has 0 unspecified atom stereocenters. The van der Waals surface area contributed by atoms with Gasteiger partial charge in [0.2, 0.25) is 0 Å². The summed E-state index contributed by atoms with van der Waals surface area (Å²) in [4.78, 5) is 22.6. The zero-order valence-electron chi connectivity index (χ0n) is 9.84. The van der Waals surface area contributed by atoms with E-state index in [9.17, 15) is 4.79 Å². The van der Waals surface area contributed by atoms with E-state index in [-0.39, 0.29) is 5.56 Å². The largest absolute Gasteiger partial charge is 0.305 e. The second kappa shape index (κ2) is 4.07. The van der Waals surface area contributed by atoms with E-state index in [2.05, 4.69) is 15.0 Å². The molecule has 1 aromatic carbocycles. The van der Waals surface area contributed by atoms with Crippen molar-refractivity contribution in [3.8, 4) is 11.5 Å². The maximum absolute atomic E-state index is 11.3. The van der Waals surface area contributed by atoms with Gasteiger partial charge in [-0.15, -0.1) is 0 Å². The predicted molar refractivity (Wildman–Crippen MR) is 70.3 cm³/mol. The van der Waals surface area contributed by atoms with Crippen molar-refractivity contribution >= 4 is 10.9 Å². The standard InChI is InChI=1S/C14H11N3O/c1-9-8-12(14-15-7-6-13(18)17-14)16-11-5-3-2-4-10(9)11/h2-8H,1H3,(H,15,17,18). The zero-order chi connectivity index (χ0) is 12.5. The maximum atomic E-state index is 11.3. The minimum atomic E-state index is -0.174. The van der Waals surface area contributed by atoms with Crippen LogP contribution in [0.4, 0.5) is 0 Å². The Labute approximate surface area is 103 Å². The lowest BCUT2D eigenvalue weighted by molar-refractivity contribution is 1.11. The minimum absolute atomic E-state index is 0.174. The minimum Gasteiger partial charge on any atom is -0.305 e. The number of hydrogen-bond donors (Lipinski definition) is 1. The fourth-order valence-corrected chi connectivity index (χ4v) is 1.97. The van der Waals surface area contributed by atoms with Crippen molar-refractivity contribution in [2.75, 3.05) is 0 Å². The third kappa shape index (κ3) is 1.78. The third-order valence-electron chi connectivity index (χ3n) is 2.84. The van der Waals surface area contributed by atoms with Crippen LogP contribution in [0.3, 0.4) is 0 Å². The molecule has 0 saturated carbocycles. The van der Waals surface area contributed by atoms with Gasteiger partial charge in [-0.25, -0.2) is 9.97 Å². The molecule has 2 heterocycles. The summed E-state index contributed by atoms with van der Waals surface area (Å²) in [6, 6.07) is 11.2. The van der Waals surface area contributed by atoms with Gasteiger partial charge < -0.3 is 4.98 Å². The molecule has 0 amide bonds. The van der Waals surface area contributed by atoms with E-state index < -0.39 is 0 Å². The molecule has 4 nitrogen and oxygen atoms in total. The fourth-order valence-electron chi connectivity index (χ4n) is 1.97. The summed E-state index contributed by atoms with van der Waals surface area (Å²) in [5, 5.41) is 1.11. The molecule has 88 valence electrons. The molecule has 3 aromatic rings. The zero-order valence-corrected chi connectivity index (χ0v) is 9.84. The highest BCUT2D eigenvalue weighted by molar-refractivity contribution is 5.84. The highest BCUT2D eigenvalue weighted by Crippen LogP contribution is 2.21. The SMILES string of the molecule is Cc1cc(-c2nccc(=O)[nH]2)nc2ccccc12. The van der Waals surface area contributed by atoms with Crippen molar-refractivity contribution in [1.29, 1.82) is 0 Å². The summed E-state index contributed by atoms with van der Waals surface area (Å²) >= 11 is 0. The van der Waals surface area contributed by atoms with Gasteiger partial charge in [0.05, 0.1) is 5.52 Å². The van der Waals surface area contributed by atoms with Crippen LogP contribution in [0.2, 0.25) is 0 Å². The molecule has 0 aliphatic rings. The number of nitrogens with one attached hydrogen (secondary N) is 1. The number of aromatic nitrogens is 3. The molecule has 0 bridgehead atoms. The Bertz CT molecular complexity index is 777. The number of hydrogen-bond acceptors (Lipinski definition) is 3. The Morgan fingerprint density at radius 1 is 1.17 bits per heavy atom. The number of H-pyrrole nitrogens is 1. The highest BCUT2D eigenvalue weighted by Gasteiger charge is 2.06. The van der Waals surface area contributed by atoms with Crippen molar-refractivity contribution in [2.45, 2.75) is 6.92 Å². The molecule has 0 spiro atoms. The van der Waals surface area contributed by atoms with Crippen LogP contribution < -0.4 is 5.56 Å². The lowest BCUT2D eigenvalue weighted by Crippen LogP contribution is -2.06. The van der Waals surface area contributed by atoms with E-state index >= 15 is 0 Å². The van der Waals surface area contributed by atoms with Crippen molar-refractivity contribution in [3.05, 3.63) is 58.5 Å². The van der Waals surface area contributed by atoms with Crippen molar-refractivity contribution in [2.24, 2.45) is 0 Å². The van der Waals surface area contributed by atoms with Crippen LogP contribution in [0.1, 0.15) is 5.56 Å². The first-order valence-electron chi connectivity index (χ1n) is 5.66. The number of benzene rings is 1. The van der Waals surface area contributed by atoms with E-state index in [1.807, 2.05) is 37.3 Å². The normalized spacial score (nSPS) is 10.7. The van der Waals surface area contributed by atoms with E-state index in [0.717, 1.165) is 16.5 Å². The van der Waals surface area contributed by atoms with E-state index in [1.165, 1.54) is 12.3 Å². The summed E-state index contributed by atoms with van der Waals surface area (Å²) in [6.07, 6.45) is 1.49. The van der Waals surface area contributed by atoms with Crippen LogP contribution >= 0.6 is 0 Å². The number of fused-ring (bicyclic) bond motifs is 1.